The second-order valence-corrected chi connectivity index (χ2v) is 4.30. The number of hydrogen-bond donors (Lipinski definition) is 1. The first kappa shape index (κ1) is 15.4. The predicted molar refractivity (Wildman–Crippen MR) is 53.4 cm³/mol. The molecule has 4 heteroatoms. The normalized spacial score (nSPS) is 12.9. The molecule has 0 aliphatic rings. The van der Waals surface area contributed by atoms with E-state index in [2.05, 4.69) is 0 Å². The van der Waals surface area contributed by atoms with Gasteiger partial charge in [0.2, 0.25) is 0 Å². The summed E-state index contributed by atoms with van der Waals surface area (Å²) in [6, 6.07) is 0. The molecule has 0 atom stereocenters. The zero-order chi connectivity index (χ0) is 9.99. The third-order valence-corrected chi connectivity index (χ3v) is 1.92. The summed E-state index contributed by atoms with van der Waals surface area (Å²) in [6.45, 7) is 10.7. The molecule has 0 heterocycles. The molecule has 0 aliphatic heterocycles. The molecule has 3 nitrogen and oxygen atoms in total. The molecule has 0 rings (SSSR count). The first-order valence-electron chi connectivity index (χ1n) is 4.23. The maximum Gasteiger partial charge on any atom is 0.126 e. The lowest BCUT2D eigenvalue weighted by molar-refractivity contribution is -0.396. The van der Waals surface area contributed by atoms with E-state index in [4.69, 9.17) is 9.78 Å². The molecular weight excluding hydrogens is 167 g/mol. The molecule has 13 heavy (non-hydrogen) atoms. The van der Waals surface area contributed by atoms with Gasteiger partial charge in [0.1, 0.15) is 5.60 Å². The fraction of sp³-hybridized carbons (Fsp3) is 1.00. The summed E-state index contributed by atoms with van der Waals surface area (Å²) in [6.07, 6.45) is 0.00613. The van der Waals surface area contributed by atoms with Crippen molar-refractivity contribution in [1.82, 2.24) is 0 Å². The minimum atomic E-state index is -0.915. The molecule has 0 saturated heterocycles. The van der Waals surface area contributed by atoms with Crippen LogP contribution >= 0.6 is 0 Å². The van der Waals surface area contributed by atoms with Gasteiger partial charge in [-0.25, -0.2) is 9.78 Å². The van der Waals surface area contributed by atoms with Gasteiger partial charge in [-0.05, 0) is 41.5 Å². The molecule has 1 N–H and O–H groups in total. The van der Waals surface area contributed by atoms with Crippen LogP contribution in [0.4, 0.5) is 0 Å². The van der Waals surface area contributed by atoms with Gasteiger partial charge >= 0.3 is 0 Å². The summed E-state index contributed by atoms with van der Waals surface area (Å²) < 4.78 is 0. The molecule has 0 fully saturated rings. The predicted octanol–water partition coefficient (Wildman–Crippen LogP) is 1.51. The van der Waals surface area contributed by atoms with E-state index in [-0.39, 0.29) is 14.5 Å². The lowest BCUT2D eigenvalue weighted by atomic mass is 9.90. The van der Waals surface area contributed by atoms with Crippen LogP contribution in [0.5, 0.6) is 0 Å². The van der Waals surface area contributed by atoms with Crippen LogP contribution in [0.25, 0.3) is 0 Å². The van der Waals surface area contributed by atoms with Crippen molar-refractivity contribution in [3.05, 3.63) is 0 Å². The Morgan fingerprint density at radius 1 is 1.08 bits per heavy atom. The smallest absolute Gasteiger partial charge is 0.126 e. The Bertz CT molecular complexity index is 138. The lowest BCUT2D eigenvalue weighted by Gasteiger charge is -2.35. The van der Waals surface area contributed by atoms with E-state index >= 15 is 0 Å². The third kappa shape index (κ3) is 5.29. The summed E-state index contributed by atoms with van der Waals surface area (Å²) >= 11 is 0. The number of hydrogen-bond acceptors (Lipinski definition) is 3. The Kier molecular flexibility index (Phi) is 5.91. The maximum absolute atomic E-state index is 9.65. The summed E-state index contributed by atoms with van der Waals surface area (Å²) in [4.78, 5) is 10.1. The number of rotatable bonds is 4. The highest BCUT2D eigenvalue weighted by molar-refractivity contribution is 5.75. The Labute approximate surface area is 82.9 Å². The highest BCUT2D eigenvalue weighted by Gasteiger charge is 2.37. The van der Waals surface area contributed by atoms with Crippen LogP contribution in [-0.2, 0) is 9.78 Å². The molecule has 0 unspecified atom stereocenters. The molecule has 0 bridgehead atoms. The average Bonchev–Trinajstić information content (AvgIpc) is 1.81. The molecule has 0 aromatic rings. The standard InChI is InChI=1S/C9H20O3.B/c1-7(2)11-12-9(5,6)8(3,4)10;/h7,10H,1-6H3;. The van der Waals surface area contributed by atoms with E-state index in [0.717, 1.165) is 0 Å². The maximum atomic E-state index is 9.65. The Morgan fingerprint density at radius 3 is 1.69 bits per heavy atom. The van der Waals surface area contributed by atoms with E-state index in [1.165, 1.54) is 0 Å². The van der Waals surface area contributed by atoms with Crippen LogP contribution < -0.4 is 0 Å². The average molecular weight is 187 g/mol. The van der Waals surface area contributed by atoms with Crippen molar-refractivity contribution in [3.8, 4) is 0 Å². The largest absolute Gasteiger partial charge is 0.387 e. The zero-order valence-corrected chi connectivity index (χ0v) is 9.42. The van der Waals surface area contributed by atoms with Gasteiger partial charge in [0.25, 0.3) is 0 Å². The third-order valence-electron chi connectivity index (χ3n) is 1.92. The van der Waals surface area contributed by atoms with Crippen LogP contribution in [0.15, 0.2) is 0 Å². The Morgan fingerprint density at radius 2 is 1.46 bits per heavy atom. The molecule has 77 valence electrons. The quantitative estimate of drug-likeness (QED) is 0.412. The monoisotopic (exact) mass is 187 g/mol. The van der Waals surface area contributed by atoms with E-state index in [0.29, 0.717) is 0 Å². The summed E-state index contributed by atoms with van der Waals surface area (Å²) in [5, 5.41) is 9.65. The number of aliphatic hydroxyl groups is 1. The van der Waals surface area contributed by atoms with Gasteiger partial charge in [-0.15, -0.1) is 0 Å². The van der Waals surface area contributed by atoms with Crippen molar-refractivity contribution in [3.63, 3.8) is 0 Å². The van der Waals surface area contributed by atoms with Crippen LogP contribution in [-0.4, -0.2) is 30.8 Å². The molecule has 0 aromatic carbocycles. The Hall–Kier alpha value is -0.0551. The van der Waals surface area contributed by atoms with E-state index in [9.17, 15) is 5.11 Å². The highest BCUT2D eigenvalue weighted by atomic mass is 17.2. The van der Waals surface area contributed by atoms with Crippen LogP contribution in [0.3, 0.4) is 0 Å². The van der Waals surface area contributed by atoms with Gasteiger partial charge < -0.3 is 5.11 Å². The second kappa shape index (κ2) is 4.98. The first-order chi connectivity index (χ1) is 5.17. The Balaban J connectivity index is 0. The van der Waals surface area contributed by atoms with Gasteiger partial charge in [-0.2, -0.15) is 0 Å². The van der Waals surface area contributed by atoms with Gasteiger partial charge in [0, 0.05) is 8.41 Å². The molecule has 3 radical (unpaired) electrons. The molecule has 0 aromatic heterocycles. The summed E-state index contributed by atoms with van der Waals surface area (Å²) in [5.74, 6) is 0. The van der Waals surface area contributed by atoms with Gasteiger partial charge in [0.05, 0.1) is 11.7 Å². The van der Waals surface area contributed by atoms with Crippen molar-refractivity contribution in [2.45, 2.75) is 58.8 Å². The summed E-state index contributed by atoms with van der Waals surface area (Å²) in [5.41, 5.74) is -1.61. The van der Waals surface area contributed by atoms with Gasteiger partial charge in [-0.3, -0.25) is 0 Å². The van der Waals surface area contributed by atoms with Crippen molar-refractivity contribution in [2.75, 3.05) is 0 Å². The summed E-state index contributed by atoms with van der Waals surface area (Å²) in [7, 11) is 0. The van der Waals surface area contributed by atoms with E-state index in [1.54, 1.807) is 27.7 Å². The minimum Gasteiger partial charge on any atom is -0.387 e. The van der Waals surface area contributed by atoms with Crippen molar-refractivity contribution >= 4 is 8.41 Å². The van der Waals surface area contributed by atoms with Crippen LogP contribution in [0, 0.1) is 0 Å². The lowest BCUT2D eigenvalue weighted by Crippen LogP contribution is -2.47. The zero-order valence-electron chi connectivity index (χ0n) is 9.42. The second-order valence-electron chi connectivity index (χ2n) is 4.30. The van der Waals surface area contributed by atoms with Crippen LogP contribution in [0.2, 0.25) is 0 Å². The van der Waals surface area contributed by atoms with E-state index in [1.807, 2.05) is 13.8 Å². The van der Waals surface area contributed by atoms with Gasteiger partial charge in [0.15, 0.2) is 0 Å². The van der Waals surface area contributed by atoms with Crippen molar-refractivity contribution < 1.29 is 14.9 Å². The fourth-order valence-corrected chi connectivity index (χ4v) is 0.318. The first-order valence-corrected chi connectivity index (χ1v) is 4.23. The van der Waals surface area contributed by atoms with E-state index < -0.39 is 11.2 Å². The van der Waals surface area contributed by atoms with Crippen molar-refractivity contribution in [2.24, 2.45) is 0 Å². The SMILES string of the molecule is CC(C)OOC(C)(C)C(C)(C)O.[B]. The molecular formula is C9H20BO3. The van der Waals surface area contributed by atoms with Gasteiger partial charge in [-0.1, -0.05) is 0 Å². The molecule has 0 spiro atoms. The molecule has 0 saturated carbocycles. The molecule has 0 amide bonds. The molecule has 0 aliphatic carbocycles. The van der Waals surface area contributed by atoms with Crippen LogP contribution in [0.1, 0.15) is 41.5 Å². The highest BCUT2D eigenvalue weighted by Crippen LogP contribution is 2.25. The fourth-order valence-electron chi connectivity index (χ4n) is 0.318. The van der Waals surface area contributed by atoms with Crippen molar-refractivity contribution in [1.29, 1.82) is 0 Å². The topological polar surface area (TPSA) is 38.7 Å². The minimum absolute atomic E-state index is 0.